The molecule has 150 valence electrons. The van der Waals surface area contributed by atoms with Crippen LogP contribution in [0.1, 0.15) is 45.4 Å². The summed E-state index contributed by atoms with van der Waals surface area (Å²) in [6, 6.07) is 5.00. The molecule has 1 N–H and O–H groups in total. The third-order valence-corrected chi connectivity index (χ3v) is 6.38. The van der Waals surface area contributed by atoms with Crippen molar-refractivity contribution in [3.63, 3.8) is 0 Å². The molecule has 0 spiro atoms. The highest BCUT2D eigenvalue weighted by atomic mass is 32.2. The second kappa shape index (κ2) is 9.32. The maximum Gasteiger partial charge on any atom is 0.242 e. The van der Waals surface area contributed by atoms with Crippen molar-refractivity contribution < 1.29 is 13.2 Å². The van der Waals surface area contributed by atoms with Gasteiger partial charge in [-0.1, -0.05) is 19.8 Å². The number of aryl methyl sites for hydroxylation is 2. The third kappa shape index (κ3) is 5.07. The average molecular weight is 395 g/mol. The normalized spacial score (nSPS) is 12.0. The van der Waals surface area contributed by atoms with Crippen LogP contribution < -0.4 is 5.32 Å². The number of fused-ring (bicyclic) bond motifs is 1. The number of hydrogen-bond donors (Lipinski definition) is 1. The number of nitrogens with zero attached hydrogens (tertiary/aromatic N) is 3. The van der Waals surface area contributed by atoms with E-state index in [1.54, 1.807) is 18.2 Å². The quantitative estimate of drug-likeness (QED) is 0.628. The molecule has 0 bridgehead atoms. The van der Waals surface area contributed by atoms with Crippen LogP contribution in [0.25, 0.3) is 11.0 Å². The molecular weight excluding hydrogens is 364 g/mol. The second-order valence-corrected chi connectivity index (χ2v) is 8.92. The van der Waals surface area contributed by atoms with E-state index in [0.29, 0.717) is 31.4 Å². The number of hydrogen-bond acceptors (Lipinski definition) is 4. The van der Waals surface area contributed by atoms with Gasteiger partial charge in [0.2, 0.25) is 15.9 Å². The van der Waals surface area contributed by atoms with Crippen molar-refractivity contribution in [2.75, 3.05) is 20.6 Å². The maximum absolute atomic E-state index is 12.3. The van der Waals surface area contributed by atoms with Crippen LogP contribution >= 0.6 is 0 Å². The maximum atomic E-state index is 12.3. The molecule has 0 unspecified atom stereocenters. The van der Waals surface area contributed by atoms with E-state index in [9.17, 15) is 13.2 Å². The van der Waals surface area contributed by atoms with Gasteiger partial charge in [0.25, 0.3) is 0 Å². The lowest BCUT2D eigenvalue weighted by molar-refractivity contribution is -0.121. The molecule has 2 aromatic rings. The zero-order chi connectivity index (χ0) is 20.0. The fraction of sp³-hybridized carbons (Fsp3) is 0.579. The van der Waals surface area contributed by atoms with Crippen molar-refractivity contribution in [1.82, 2.24) is 19.2 Å². The molecule has 27 heavy (non-hydrogen) atoms. The predicted octanol–water partition coefficient (Wildman–Crippen LogP) is 2.55. The minimum atomic E-state index is -3.50. The second-order valence-electron chi connectivity index (χ2n) is 6.77. The van der Waals surface area contributed by atoms with Crippen LogP contribution in [0.15, 0.2) is 23.1 Å². The number of imidazole rings is 1. The number of aromatic nitrogens is 2. The number of nitrogens with one attached hydrogen (secondary N) is 1. The molecule has 8 heteroatoms. The van der Waals surface area contributed by atoms with E-state index in [0.717, 1.165) is 30.6 Å². The lowest BCUT2D eigenvalue weighted by atomic mass is 10.2. The first-order chi connectivity index (χ1) is 12.8. The molecule has 0 fully saturated rings. The predicted molar refractivity (Wildman–Crippen MR) is 107 cm³/mol. The first kappa shape index (κ1) is 21.4. The fourth-order valence-corrected chi connectivity index (χ4v) is 3.91. The van der Waals surface area contributed by atoms with E-state index in [1.165, 1.54) is 18.4 Å². The Labute approximate surface area is 161 Å². The monoisotopic (exact) mass is 394 g/mol. The highest BCUT2D eigenvalue weighted by molar-refractivity contribution is 7.89. The number of carbonyl (C=O) groups excluding carboxylic acids is 1. The van der Waals surface area contributed by atoms with Gasteiger partial charge in [-0.15, -0.1) is 0 Å². The molecule has 1 aromatic carbocycles. The summed E-state index contributed by atoms with van der Waals surface area (Å²) in [5.74, 6) is 0.826. The summed E-state index contributed by atoms with van der Waals surface area (Å²) < 4.78 is 27.9. The summed E-state index contributed by atoms with van der Waals surface area (Å²) in [6.45, 7) is 5.57. The Kier molecular flexibility index (Phi) is 7.38. The van der Waals surface area contributed by atoms with Gasteiger partial charge in [0.05, 0.1) is 15.9 Å². The molecule has 2 rings (SSSR count). The summed E-state index contributed by atoms with van der Waals surface area (Å²) in [5.41, 5.74) is 1.52. The van der Waals surface area contributed by atoms with Gasteiger partial charge in [0.15, 0.2) is 0 Å². The zero-order valence-electron chi connectivity index (χ0n) is 16.7. The molecule has 1 heterocycles. The average Bonchev–Trinajstić information content (AvgIpc) is 3.00. The first-order valence-corrected chi connectivity index (χ1v) is 10.9. The fourth-order valence-electron chi connectivity index (χ4n) is 2.99. The molecule has 0 atom stereocenters. The Morgan fingerprint density at radius 3 is 2.59 bits per heavy atom. The first-order valence-electron chi connectivity index (χ1n) is 9.49. The minimum Gasteiger partial charge on any atom is -0.356 e. The number of unbranched alkanes of at least 4 members (excludes halogenated alkanes) is 2. The molecule has 1 aromatic heterocycles. The number of amides is 1. The number of rotatable bonds is 10. The lowest BCUT2D eigenvalue weighted by Crippen LogP contribution is -2.25. The van der Waals surface area contributed by atoms with Gasteiger partial charge in [-0.2, -0.15) is 0 Å². The van der Waals surface area contributed by atoms with Crippen LogP contribution in [0.3, 0.4) is 0 Å². The van der Waals surface area contributed by atoms with Crippen molar-refractivity contribution in [3.05, 3.63) is 24.0 Å². The van der Waals surface area contributed by atoms with E-state index in [-0.39, 0.29) is 10.8 Å². The van der Waals surface area contributed by atoms with Gasteiger partial charge in [-0.25, -0.2) is 17.7 Å². The number of sulfonamides is 1. The molecule has 1 amide bonds. The van der Waals surface area contributed by atoms with Crippen molar-refractivity contribution in [1.29, 1.82) is 0 Å². The van der Waals surface area contributed by atoms with Crippen molar-refractivity contribution in [2.24, 2.45) is 0 Å². The zero-order valence-corrected chi connectivity index (χ0v) is 17.5. The molecule has 0 saturated heterocycles. The molecule has 7 nitrogen and oxygen atoms in total. The molecule has 0 radical (unpaired) electrons. The van der Waals surface area contributed by atoms with Gasteiger partial charge in [0, 0.05) is 40.0 Å². The van der Waals surface area contributed by atoms with Gasteiger partial charge in [0.1, 0.15) is 5.82 Å². The van der Waals surface area contributed by atoms with Crippen LogP contribution in [0.2, 0.25) is 0 Å². The summed E-state index contributed by atoms with van der Waals surface area (Å²) >= 11 is 0. The van der Waals surface area contributed by atoms with Crippen LogP contribution in [0, 0.1) is 0 Å². The van der Waals surface area contributed by atoms with Gasteiger partial charge in [-0.05, 0) is 31.5 Å². The van der Waals surface area contributed by atoms with Gasteiger partial charge >= 0.3 is 0 Å². The molecule has 0 aliphatic heterocycles. The van der Waals surface area contributed by atoms with E-state index in [1.807, 2.05) is 11.5 Å². The van der Waals surface area contributed by atoms with Crippen LogP contribution in [0.5, 0.6) is 0 Å². The Balaban J connectivity index is 2.16. The van der Waals surface area contributed by atoms with E-state index < -0.39 is 10.0 Å². The summed E-state index contributed by atoms with van der Waals surface area (Å²) in [7, 11) is -0.482. The van der Waals surface area contributed by atoms with Gasteiger partial charge < -0.3 is 9.88 Å². The van der Waals surface area contributed by atoms with Gasteiger partial charge in [-0.3, -0.25) is 4.79 Å². The van der Waals surface area contributed by atoms with Crippen molar-refractivity contribution in [3.8, 4) is 0 Å². The molecular formula is C19H30N4O3S. The Bertz CT molecular complexity index is 888. The Morgan fingerprint density at radius 2 is 1.96 bits per heavy atom. The summed E-state index contributed by atoms with van der Waals surface area (Å²) in [5, 5.41) is 2.94. The Hall–Kier alpha value is -1.93. The topological polar surface area (TPSA) is 84.3 Å². The molecule has 0 aliphatic rings. The summed E-state index contributed by atoms with van der Waals surface area (Å²) in [4.78, 5) is 16.8. The lowest BCUT2D eigenvalue weighted by Gasteiger charge is -2.11. The van der Waals surface area contributed by atoms with E-state index in [2.05, 4.69) is 17.2 Å². The van der Waals surface area contributed by atoms with Crippen LogP contribution in [-0.2, 0) is 27.8 Å². The van der Waals surface area contributed by atoms with E-state index >= 15 is 0 Å². The third-order valence-electron chi connectivity index (χ3n) is 4.57. The van der Waals surface area contributed by atoms with E-state index in [4.69, 9.17) is 0 Å². The number of carbonyl (C=O) groups is 1. The smallest absolute Gasteiger partial charge is 0.242 e. The van der Waals surface area contributed by atoms with Crippen molar-refractivity contribution >= 4 is 27.0 Å². The van der Waals surface area contributed by atoms with Crippen molar-refractivity contribution in [2.45, 2.75) is 57.4 Å². The molecule has 0 saturated carbocycles. The Morgan fingerprint density at radius 1 is 1.22 bits per heavy atom. The van der Waals surface area contributed by atoms with Crippen LogP contribution in [-0.4, -0.2) is 48.8 Å². The highest BCUT2D eigenvalue weighted by Crippen LogP contribution is 2.22. The largest absolute Gasteiger partial charge is 0.356 e. The SMILES string of the molecule is CCCCCNC(=O)CCc1nc2cc(S(=O)(=O)N(C)C)ccc2n1CC. The highest BCUT2D eigenvalue weighted by Gasteiger charge is 2.19. The standard InChI is InChI=1S/C19H30N4O3S/c1-5-7-8-13-20-19(24)12-11-18-21-16-14-15(27(25,26)22(3)4)9-10-17(16)23(18)6-2/h9-10,14H,5-8,11-13H2,1-4H3,(H,20,24). The molecule has 0 aliphatic carbocycles. The minimum absolute atomic E-state index is 0.0247. The summed E-state index contributed by atoms with van der Waals surface area (Å²) in [6.07, 6.45) is 4.14. The van der Waals surface area contributed by atoms with Crippen LogP contribution in [0.4, 0.5) is 0 Å². The number of benzene rings is 1.